The summed E-state index contributed by atoms with van der Waals surface area (Å²) in [5.74, 6) is -0.729. The first-order valence-electron chi connectivity index (χ1n) is 8.15. The Morgan fingerprint density at radius 1 is 1.21 bits per heavy atom. The van der Waals surface area contributed by atoms with Gasteiger partial charge in [-0.1, -0.05) is 0 Å². The number of carboxylic acids is 1. The molecule has 2 heterocycles. The molecule has 152 valence electrons. The molecule has 0 fully saturated rings. The second-order valence-corrected chi connectivity index (χ2v) is 6.11. The maximum Gasteiger partial charge on any atom is 0.410 e. The van der Waals surface area contributed by atoms with Crippen molar-refractivity contribution in [1.82, 2.24) is 9.78 Å². The molecule has 0 bridgehead atoms. The third-order valence-corrected chi connectivity index (χ3v) is 4.56. The molecule has 1 aliphatic heterocycles. The van der Waals surface area contributed by atoms with Gasteiger partial charge in [0.25, 0.3) is 0 Å². The van der Waals surface area contributed by atoms with E-state index in [1.165, 1.54) is 33.5 Å². The lowest BCUT2D eigenvalue weighted by molar-refractivity contribution is -0.173. The lowest BCUT2D eigenvalue weighted by Crippen LogP contribution is -2.36. The van der Waals surface area contributed by atoms with Crippen molar-refractivity contribution in [3.8, 4) is 17.2 Å². The molecule has 0 radical (unpaired) electrons. The number of ether oxygens (including phenoxy) is 3. The molecule has 28 heavy (non-hydrogen) atoms. The minimum Gasteiger partial charge on any atom is -0.493 e. The van der Waals surface area contributed by atoms with Crippen LogP contribution in [0.25, 0.3) is 0 Å². The maximum atomic E-state index is 13.6. The smallest absolute Gasteiger partial charge is 0.410 e. The van der Waals surface area contributed by atoms with Gasteiger partial charge in [-0.15, -0.1) is 0 Å². The van der Waals surface area contributed by atoms with E-state index in [4.69, 9.17) is 14.2 Å². The molecule has 0 amide bonds. The van der Waals surface area contributed by atoms with Crippen molar-refractivity contribution in [3.05, 3.63) is 29.5 Å². The van der Waals surface area contributed by atoms with Gasteiger partial charge in [0, 0.05) is 6.42 Å². The first-order chi connectivity index (χ1) is 13.2. The zero-order chi connectivity index (χ0) is 20.6. The summed E-state index contributed by atoms with van der Waals surface area (Å²) < 4.78 is 57.3. The van der Waals surface area contributed by atoms with Gasteiger partial charge in [-0.25, -0.2) is 9.48 Å². The number of methoxy groups -OCH3 is 3. The Morgan fingerprint density at radius 2 is 1.82 bits per heavy atom. The monoisotopic (exact) mass is 401 g/mol. The number of carboxylic acid groups (broad SMARTS) is 1. The van der Waals surface area contributed by atoms with Gasteiger partial charge in [0.2, 0.25) is 5.75 Å². The molecule has 2 N–H and O–H groups in total. The summed E-state index contributed by atoms with van der Waals surface area (Å²) in [5.41, 5.74) is 0.0823. The number of fused-ring (bicyclic) bond motifs is 1. The van der Waals surface area contributed by atoms with Gasteiger partial charge in [-0.3, -0.25) is 0 Å². The van der Waals surface area contributed by atoms with Crippen LogP contribution in [0.15, 0.2) is 18.3 Å². The first kappa shape index (κ1) is 19.6. The summed E-state index contributed by atoms with van der Waals surface area (Å²) in [6.07, 6.45) is -4.10. The number of aromatic carboxylic acids is 1. The van der Waals surface area contributed by atoms with Crippen LogP contribution in [0, 0.1) is 0 Å². The van der Waals surface area contributed by atoms with E-state index in [-0.39, 0.29) is 22.9 Å². The topological polar surface area (TPSA) is 94.8 Å². The van der Waals surface area contributed by atoms with Crippen LogP contribution in [-0.4, -0.2) is 48.4 Å². The molecule has 1 aliphatic rings. The van der Waals surface area contributed by atoms with E-state index in [1.54, 1.807) is 0 Å². The van der Waals surface area contributed by atoms with Crippen molar-refractivity contribution < 1.29 is 37.3 Å². The molecule has 2 atom stereocenters. The highest BCUT2D eigenvalue weighted by atomic mass is 19.4. The number of alkyl halides is 3. The Labute approximate surface area is 157 Å². The van der Waals surface area contributed by atoms with E-state index in [0.29, 0.717) is 16.0 Å². The van der Waals surface area contributed by atoms with Crippen LogP contribution in [0.2, 0.25) is 0 Å². The van der Waals surface area contributed by atoms with Gasteiger partial charge in [0.05, 0.1) is 33.6 Å². The third-order valence-electron chi connectivity index (χ3n) is 4.56. The highest BCUT2D eigenvalue weighted by Gasteiger charge is 2.47. The van der Waals surface area contributed by atoms with Gasteiger partial charge in [-0.05, 0) is 17.7 Å². The lowest BCUT2D eigenvalue weighted by Gasteiger charge is -2.34. The van der Waals surface area contributed by atoms with Crippen LogP contribution in [0.1, 0.15) is 34.4 Å². The van der Waals surface area contributed by atoms with Crippen LogP contribution in [0.3, 0.4) is 0 Å². The second kappa shape index (κ2) is 7.13. The minimum absolute atomic E-state index is 0.208. The molecular formula is C17H18F3N3O5. The Kier molecular flexibility index (Phi) is 5.01. The lowest BCUT2D eigenvalue weighted by atomic mass is 9.96. The fourth-order valence-electron chi connectivity index (χ4n) is 3.24. The van der Waals surface area contributed by atoms with Crippen LogP contribution in [-0.2, 0) is 0 Å². The normalized spacial score (nSPS) is 18.8. The van der Waals surface area contributed by atoms with Crippen molar-refractivity contribution in [2.24, 2.45) is 0 Å². The van der Waals surface area contributed by atoms with Crippen LogP contribution < -0.4 is 19.5 Å². The summed E-state index contributed by atoms with van der Waals surface area (Å²) in [6.45, 7) is 0. The summed E-state index contributed by atoms with van der Waals surface area (Å²) in [5, 5.41) is 15.8. The van der Waals surface area contributed by atoms with Gasteiger partial charge in [0.15, 0.2) is 17.5 Å². The minimum atomic E-state index is -4.61. The number of halogens is 3. The van der Waals surface area contributed by atoms with E-state index in [2.05, 4.69) is 10.4 Å². The quantitative estimate of drug-likeness (QED) is 0.794. The number of carbonyl (C=O) groups is 1. The fraction of sp³-hybridized carbons (Fsp3) is 0.412. The highest BCUT2D eigenvalue weighted by Crippen LogP contribution is 2.47. The molecule has 0 spiro atoms. The molecule has 1 aromatic heterocycles. The number of rotatable bonds is 5. The largest absolute Gasteiger partial charge is 0.493 e. The molecule has 11 heteroatoms. The number of anilines is 1. The third kappa shape index (κ3) is 3.27. The predicted molar refractivity (Wildman–Crippen MR) is 91.4 cm³/mol. The summed E-state index contributed by atoms with van der Waals surface area (Å²) in [6, 6.07) is 0.210. The maximum absolute atomic E-state index is 13.6. The van der Waals surface area contributed by atoms with Gasteiger partial charge in [-0.2, -0.15) is 18.3 Å². The summed E-state index contributed by atoms with van der Waals surface area (Å²) in [7, 11) is 4.20. The Morgan fingerprint density at radius 3 is 2.29 bits per heavy atom. The Balaban J connectivity index is 2.11. The van der Waals surface area contributed by atoms with Gasteiger partial charge >= 0.3 is 12.1 Å². The highest BCUT2D eigenvalue weighted by molar-refractivity contribution is 5.93. The number of nitrogens with zero attached hydrogens (tertiary/aromatic N) is 2. The van der Waals surface area contributed by atoms with Crippen LogP contribution in [0.5, 0.6) is 17.2 Å². The average molecular weight is 401 g/mol. The molecule has 1 aromatic carbocycles. The van der Waals surface area contributed by atoms with Crippen molar-refractivity contribution in [3.63, 3.8) is 0 Å². The number of benzene rings is 1. The molecular weight excluding hydrogens is 383 g/mol. The molecule has 2 aromatic rings. The standard InChI is InChI=1S/C17H18F3N3O5/c1-26-11-4-8(5-12(27-2)14(11)28-3)10-6-13(17(18,19)20)23-15(22-10)9(7-21-23)16(24)25/h4-5,7,10,13,22H,6H2,1-3H3,(H,24,25)/t10-,13+/m0/s1. The number of aromatic nitrogens is 2. The number of hydrogen-bond acceptors (Lipinski definition) is 6. The van der Waals surface area contributed by atoms with Crippen molar-refractivity contribution in [1.29, 1.82) is 0 Å². The van der Waals surface area contributed by atoms with Crippen LogP contribution >= 0.6 is 0 Å². The molecule has 8 nitrogen and oxygen atoms in total. The van der Waals surface area contributed by atoms with E-state index in [0.717, 1.165) is 6.20 Å². The number of hydrogen-bond donors (Lipinski definition) is 2. The van der Waals surface area contributed by atoms with Crippen molar-refractivity contribution >= 4 is 11.8 Å². The predicted octanol–water partition coefficient (Wildman–Crippen LogP) is 3.27. The molecule has 0 unspecified atom stereocenters. The van der Waals surface area contributed by atoms with E-state index < -0.39 is 30.7 Å². The molecule has 0 aliphatic carbocycles. The zero-order valence-corrected chi connectivity index (χ0v) is 15.2. The summed E-state index contributed by atoms with van der Waals surface area (Å²) >= 11 is 0. The van der Waals surface area contributed by atoms with Crippen molar-refractivity contribution in [2.75, 3.05) is 26.6 Å². The zero-order valence-electron chi connectivity index (χ0n) is 15.2. The summed E-state index contributed by atoms with van der Waals surface area (Å²) in [4.78, 5) is 11.4. The molecule has 0 saturated carbocycles. The number of nitrogens with one attached hydrogen (secondary N) is 1. The van der Waals surface area contributed by atoms with Crippen molar-refractivity contribution in [2.45, 2.75) is 24.7 Å². The van der Waals surface area contributed by atoms with Crippen LogP contribution in [0.4, 0.5) is 19.0 Å². The van der Waals surface area contributed by atoms with E-state index in [9.17, 15) is 23.1 Å². The SMILES string of the molecule is COc1cc([C@@H]2C[C@H](C(F)(F)F)n3ncc(C(=O)O)c3N2)cc(OC)c1OC. The van der Waals surface area contributed by atoms with E-state index >= 15 is 0 Å². The van der Waals surface area contributed by atoms with E-state index in [1.807, 2.05) is 0 Å². The second-order valence-electron chi connectivity index (χ2n) is 6.11. The van der Waals surface area contributed by atoms with Gasteiger partial charge < -0.3 is 24.6 Å². The Hall–Kier alpha value is -3.11. The Bertz CT molecular complexity index is 872. The fourth-order valence-corrected chi connectivity index (χ4v) is 3.24. The molecule has 3 rings (SSSR count). The first-order valence-corrected chi connectivity index (χ1v) is 8.15. The molecule has 0 saturated heterocycles. The average Bonchev–Trinajstić information content (AvgIpc) is 3.09. The van der Waals surface area contributed by atoms with Gasteiger partial charge in [0.1, 0.15) is 11.4 Å².